The van der Waals surface area contributed by atoms with E-state index in [1.54, 1.807) is 0 Å². The third-order valence-corrected chi connectivity index (χ3v) is 2.41. The number of hydrogen-bond donors (Lipinski definition) is 2. The van der Waals surface area contributed by atoms with Gasteiger partial charge in [-0.1, -0.05) is 24.0 Å². The van der Waals surface area contributed by atoms with Gasteiger partial charge in [-0.25, -0.2) is 0 Å². The molecule has 0 spiro atoms. The molecule has 2 aromatic rings. The molecule has 0 unspecified atom stereocenters. The van der Waals surface area contributed by atoms with Crippen molar-refractivity contribution >= 4 is 11.4 Å². The predicted octanol–water partition coefficient (Wildman–Crippen LogP) is 3.09. The Labute approximate surface area is 107 Å². The van der Waals surface area contributed by atoms with Crippen molar-refractivity contribution in [1.29, 1.82) is 0 Å². The molecule has 2 rings (SSSR count). The van der Waals surface area contributed by atoms with Crippen LogP contribution in [0.5, 0.6) is 0 Å². The first-order valence-electron chi connectivity index (χ1n) is 5.47. The minimum Gasteiger partial charge on any atom is -0.301 e. The lowest BCUT2D eigenvalue weighted by atomic mass is 10.2. The van der Waals surface area contributed by atoms with Gasteiger partial charge in [0.15, 0.2) is 0 Å². The molecule has 0 bridgehead atoms. The quantitative estimate of drug-likeness (QED) is 0.627. The summed E-state index contributed by atoms with van der Waals surface area (Å²) >= 11 is 0. The van der Waals surface area contributed by atoms with E-state index in [1.807, 2.05) is 48.5 Å². The maximum absolute atomic E-state index is 5.34. The molecule has 2 N–H and O–H groups in total. The smallest absolute Gasteiger partial charge is 0.0552 e. The van der Waals surface area contributed by atoms with Crippen molar-refractivity contribution in [3.8, 4) is 24.7 Å². The van der Waals surface area contributed by atoms with E-state index in [4.69, 9.17) is 12.8 Å². The van der Waals surface area contributed by atoms with Crippen LogP contribution >= 0.6 is 0 Å². The molecule has 0 aliphatic carbocycles. The van der Waals surface area contributed by atoms with E-state index >= 15 is 0 Å². The monoisotopic (exact) mass is 232 g/mol. The first-order valence-corrected chi connectivity index (χ1v) is 5.47. The van der Waals surface area contributed by atoms with Crippen LogP contribution in [-0.4, -0.2) is 0 Å². The Morgan fingerprint density at radius 1 is 0.722 bits per heavy atom. The van der Waals surface area contributed by atoms with Gasteiger partial charge < -0.3 is 10.9 Å². The van der Waals surface area contributed by atoms with Gasteiger partial charge in [-0.15, -0.1) is 12.8 Å². The Bertz CT molecular complexity index is 573. The van der Waals surface area contributed by atoms with Crippen LogP contribution in [-0.2, 0) is 0 Å². The Morgan fingerprint density at radius 3 is 1.56 bits per heavy atom. The van der Waals surface area contributed by atoms with E-state index in [2.05, 4.69) is 22.7 Å². The topological polar surface area (TPSA) is 24.1 Å². The zero-order valence-electron chi connectivity index (χ0n) is 9.77. The number of nitrogens with one attached hydrogen (secondary N) is 2. The normalized spacial score (nSPS) is 9.00. The Balaban J connectivity index is 2.07. The summed E-state index contributed by atoms with van der Waals surface area (Å²) in [6, 6.07) is 15.2. The highest BCUT2D eigenvalue weighted by atomic mass is 15.4. The fraction of sp³-hybridized carbons (Fsp3) is 0. The molecule has 2 aromatic carbocycles. The van der Waals surface area contributed by atoms with Crippen LogP contribution in [0, 0.1) is 24.7 Å². The highest BCUT2D eigenvalue weighted by Gasteiger charge is 1.95. The average molecular weight is 232 g/mol. The van der Waals surface area contributed by atoms with Gasteiger partial charge in [-0.2, -0.15) is 0 Å². The second kappa shape index (κ2) is 5.48. The summed E-state index contributed by atoms with van der Waals surface area (Å²) in [5, 5.41) is 0. The van der Waals surface area contributed by atoms with Crippen molar-refractivity contribution in [3.05, 3.63) is 59.7 Å². The molecule has 86 valence electrons. The van der Waals surface area contributed by atoms with Gasteiger partial charge in [0.25, 0.3) is 0 Å². The maximum Gasteiger partial charge on any atom is 0.0552 e. The maximum atomic E-state index is 5.34. The summed E-state index contributed by atoms with van der Waals surface area (Å²) in [4.78, 5) is 0. The largest absolute Gasteiger partial charge is 0.301 e. The molecule has 0 amide bonds. The molecule has 0 aliphatic heterocycles. The molecular formula is C16H12N2. The fourth-order valence-corrected chi connectivity index (χ4v) is 1.52. The fourth-order valence-electron chi connectivity index (χ4n) is 1.52. The van der Waals surface area contributed by atoms with Crippen LogP contribution in [0.3, 0.4) is 0 Å². The van der Waals surface area contributed by atoms with Crippen molar-refractivity contribution in [1.82, 2.24) is 0 Å². The molecule has 0 saturated heterocycles. The number of rotatable bonds is 3. The molecule has 0 radical (unpaired) electrons. The summed E-state index contributed by atoms with van der Waals surface area (Å²) in [7, 11) is 0. The minimum atomic E-state index is 0.833. The average Bonchev–Trinajstić information content (AvgIpc) is 2.45. The second-order valence-electron chi connectivity index (χ2n) is 3.70. The van der Waals surface area contributed by atoms with Crippen LogP contribution in [0.25, 0.3) is 0 Å². The number of hydrogen-bond acceptors (Lipinski definition) is 2. The van der Waals surface area contributed by atoms with E-state index in [-0.39, 0.29) is 0 Å². The minimum absolute atomic E-state index is 0.833. The van der Waals surface area contributed by atoms with E-state index in [9.17, 15) is 0 Å². The van der Waals surface area contributed by atoms with Crippen LogP contribution in [0.4, 0.5) is 11.4 Å². The zero-order chi connectivity index (χ0) is 12.8. The predicted molar refractivity (Wildman–Crippen MR) is 76.0 cm³/mol. The molecule has 0 saturated carbocycles. The lowest BCUT2D eigenvalue weighted by Crippen LogP contribution is -2.08. The second-order valence-corrected chi connectivity index (χ2v) is 3.70. The van der Waals surface area contributed by atoms with Gasteiger partial charge in [-0.05, 0) is 36.4 Å². The van der Waals surface area contributed by atoms with E-state index in [0.29, 0.717) is 0 Å². The van der Waals surface area contributed by atoms with Gasteiger partial charge >= 0.3 is 0 Å². The molecule has 18 heavy (non-hydrogen) atoms. The molecular weight excluding hydrogens is 220 g/mol. The first-order chi connectivity index (χ1) is 8.81. The highest BCUT2D eigenvalue weighted by molar-refractivity contribution is 5.57. The van der Waals surface area contributed by atoms with Gasteiger partial charge in [0.1, 0.15) is 0 Å². The van der Waals surface area contributed by atoms with Gasteiger partial charge in [0, 0.05) is 11.1 Å². The van der Waals surface area contributed by atoms with Crippen LogP contribution in [0.2, 0.25) is 0 Å². The van der Waals surface area contributed by atoms with Crippen LogP contribution < -0.4 is 10.9 Å². The van der Waals surface area contributed by atoms with Crippen molar-refractivity contribution in [2.45, 2.75) is 0 Å². The third kappa shape index (κ3) is 2.84. The molecule has 0 fully saturated rings. The Hall–Kier alpha value is -2.84. The Morgan fingerprint density at radius 2 is 1.17 bits per heavy atom. The number of anilines is 2. The third-order valence-electron chi connectivity index (χ3n) is 2.41. The lowest BCUT2D eigenvalue weighted by molar-refractivity contribution is 1.40. The summed E-state index contributed by atoms with van der Waals surface area (Å²) in [5.41, 5.74) is 9.61. The SMILES string of the molecule is C#Cc1cccc(NNc2cccc(C#C)c2)c1. The summed E-state index contributed by atoms with van der Waals surface area (Å²) < 4.78 is 0. The zero-order valence-corrected chi connectivity index (χ0v) is 9.77. The van der Waals surface area contributed by atoms with Crippen molar-refractivity contribution in [2.75, 3.05) is 10.9 Å². The van der Waals surface area contributed by atoms with Gasteiger partial charge in [-0.3, -0.25) is 0 Å². The summed E-state index contributed by atoms with van der Waals surface area (Å²) in [6.07, 6.45) is 10.7. The van der Waals surface area contributed by atoms with E-state index < -0.39 is 0 Å². The molecule has 0 aromatic heterocycles. The van der Waals surface area contributed by atoms with Gasteiger partial charge in [0.05, 0.1) is 11.4 Å². The van der Waals surface area contributed by atoms with Crippen molar-refractivity contribution < 1.29 is 0 Å². The molecule has 2 nitrogen and oxygen atoms in total. The lowest BCUT2D eigenvalue weighted by Gasteiger charge is -2.10. The van der Waals surface area contributed by atoms with E-state index in [0.717, 1.165) is 22.5 Å². The van der Waals surface area contributed by atoms with Crippen molar-refractivity contribution in [2.24, 2.45) is 0 Å². The van der Waals surface area contributed by atoms with Crippen LogP contribution in [0.15, 0.2) is 48.5 Å². The molecule has 0 aliphatic rings. The van der Waals surface area contributed by atoms with Gasteiger partial charge in [0.2, 0.25) is 0 Å². The standard InChI is InChI=1S/C16H12N2/c1-3-13-7-5-9-15(11-13)17-18-16-10-6-8-14(4-2)12-16/h1-2,5-12,17-18H. The summed E-state index contributed by atoms with van der Waals surface area (Å²) in [5.74, 6) is 5.18. The molecule has 2 heteroatoms. The first kappa shape index (κ1) is 11.6. The number of benzene rings is 2. The molecule has 0 atom stereocenters. The Kier molecular flexibility index (Phi) is 3.54. The van der Waals surface area contributed by atoms with Crippen molar-refractivity contribution in [3.63, 3.8) is 0 Å². The molecule has 0 heterocycles. The number of terminal acetylenes is 2. The number of hydrazine groups is 1. The van der Waals surface area contributed by atoms with E-state index in [1.165, 1.54) is 0 Å². The summed E-state index contributed by atoms with van der Waals surface area (Å²) in [6.45, 7) is 0. The highest BCUT2D eigenvalue weighted by Crippen LogP contribution is 2.13. The van der Waals surface area contributed by atoms with Crippen LogP contribution in [0.1, 0.15) is 11.1 Å².